The van der Waals surface area contributed by atoms with Gasteiger partial charge in [0.2, 0.25) is 0 Å². The number of nitrogens with zero attached hydrogens (tertiary/aromatic N) is 2. The summed E-state index contributed by atoms with van der Waals surface area (Å²) in [6.45, 7) is 1.96. The van der Waals surface area contributed by atoms with Gasteiger partial charge in [0.25, 0.3) is 11.8 Å². The van der Waals surface area contributed by atoms with Crippen LogP contribution in [-0.4, -0.2) is 28.5 Å². The van der Waals surface area contributed by atoms with E-state index in [-0.39, 0.29) is 29.3 Å². The summed E-state index contributed by atoms with van der Waals surface area (Å²) in [6, 6.07) is 9.39. The molecule has 2 amide bonds. The third-order valence-corrected chi connectivity index (χ3v) is 3.77. The van der Waals surface area contributed by atoms with Gasteiger partial charge in [-0.05, 0) is 31.0 Å². The minimum Gasteiger partial charge on any atom is -0.360 e. The zero-order valence-corrected chi connectivity index (χ0v) is 14.5. The van der Waals surface area contributed by atoms with Crippen LogP contribution >= 0.6 is 0 Å². The maximum absolute atomic E-state index is 13.6. The second-order valence-electron chi connectivity index (χ2n) is 5.84. The van der Waals surface area contributed by atoms with E-state index in [0.29, 0.717) is 17.7 Å². The van der Waals surface area contributed by atoms with Gasteiger partial charge in [-0.2, -0.15) is 0 Å². The maximum Gasteiger partial charge on any atom is 0.258 e. The van der Waals surface area contributed by atoms with E-state index >= 15 is 0 Å². The van der Waals surface area contributed by atoms with Gasteiger partial charge >= 0.3 is 0 Å². The highest BCUT2D eigenvalue weighted by molar-refractivity contribution is 6.05. The topological polar surface area (TPSA) is 97.1 Å². The predicted octanol–water partition coefficient (Wildman–Crippen LogP) is 2.74. The fourth-order valence-electron chi connectivity index (χ4n) is 2.42. The zero-order chi connectivity index (χ0) is 19.2. The molecular weight excluding hydrogens is 351 g/mol. The molecule has 0 saturated heterocycles. The van der Waals surface area contributed by atoms with Crippen LogP contribution in [0.5, 0.6) is 0 Å². The zero-order valence-electron chi connectivity index (χ0n) is 14.5. The van der Waals surface area contributed by atoms with Gasteiger partial charge in [0, 0.05) is 25.0 Å². The molecule has 0 radical (unpaired) electrons. The average Bonchev–Trinajstić information content (AvgIpc) is 3.08. The molecule has 0 bridgehead atoms. The minimum absolute atomic E-state index is 0.206. The molecule has 0 aliphatic heterocycles. The molecule has 1 aromatic carbocycles. The highest BCUT2D eigenvalue weighted by atomic mass is 19.1. The van der Waals surface area contributed by atoms with Gasteiger partial charge in [-0.1, -0.05) is 23.4 Å². The van der Waals surface area contributed by atoms with Crippen molar-refractivity contribution in [1.29, 1.82) is 0 Å². The van der Waals surface area contributed by atoms with E-state index in [1.54, 1.807) is 31.2 Å². The number of nitrogens with one attached hydrogen (secondary N) is 2. The summed E-state index contributed by atoms with van der Waals surface area (Å²) in [6.07, 6.45) is 3.06. The Bertz CT molecular complexity index is 971. The van der Waals surface area contributed by atoms with Crippen LogP contribution in [0.25, 0.3) is 0 Å². The second-order valence-corrected chi connectivity index (χ2v) is 5.84. The standard InChI is InChI=1S/C19H17FN4O3/c1-12-8-17(24-27-12)23-19(26)15-9-14(10-21-11-15)18(25)22-7-6-13-4-2-3-5-16(13)20/h2-5,8-11H,6-7H2,1H3,(H,22,25)(H,23,24,26). The number of pyridine rings is 1. The number of halogens is 1. The first-order chi connectivity index (χ1) is 13.0. The van der Waals surface area contributed by atoms with Gasteiger partial charge in [0.1, 0.15) is 11.6 Å². The fraction of sp³-hybridized carbons (Fsp3) is 0.158. The molecule has 7 nitrogen and oxygen atoms in total. The van der Waals surface area contributed by atoms with Crippen LogP contribution in [0.2, 0.25) is 0 Å². The molecule has 2 aromatic heterocycles. The highest BCUT2D eigenvalue weighted by Crippen LogP contribution is 2.11. The number of rotatable bonds is 6. The Morgan fingerprint density at radius 3 is 2.56 bits per heavy atom. The van der Waals surface area contributed by atoms with Gasteiger partial charge in [-0.3, -0.25) is 14.6 Å². The van der Waals surface area contributed by atoms with E-state index in [1.165, 1.54) is 24.5 Å². The SMILES string of the molecule is Cc1cc(NC(=O)c2cncc(C(=O)NCCc3ccccc3F)c2)no1. The molecule has 27 heavy (non-hydrogen) atoms. The molecule has 0 aliphatic rings. The lowest BCUT2D eigenvalue weighted by Gasteiger charge is -2.07. The molecule has 2 heterocycles. The number of carbonyl (C=O) groups excluding carboxylic acids is 2. The Balaban J connectivity index is 1.59. The summed E-state index contributed by atoms with van der Waals surface area (Å²) >= 11 is 0. The Morgan fingerprint density at radius 2 is 1.85 bits per heavy atom. The Morgan fingerprint density at radius 1 is 1.11 bits per heavy atom. The minimum atomic E-state index is -0.461. The second kappa shape index (κ2) is 8.22. The van der Waals surface area contributed by atoms with Crippen LogP contribution in [0, 0.1) is 12.7 Å². The van der Waals surface area contributed by atoms with Crippen molar-refractivity contribution in [3.8, 4) is 0 Å². The molecule has 0 unspecified atom stereocenters. The molecule has 0 atom stereocenters. The van der Waals surface area contributed by atoms with E-state index in [0.717, 1.165) is 0 Å². The Hall–Kier alpha value is -3.55. The predicted molar refractivity (Wildman–Crippen MR) is 95.9 cm³/mol. The number of aryl methyl sites for hydroxylation is 1. The van der Waals surface area contributed by atoms with Crippen LogP contribution in [-0.2, 0) is 6.42 Å². The van der Waals surface area contributed by atoms with Crippen molar-refractivity contribution < 1.29 is 18.5 Å². The maximum atomic E-state index is 13.6. The van der Waals surface area contributed by atoms with Gasteiger partial charge in [-0.15, -0.1) is 0 Å². The molecule has 3 aromatic rings. The molecule has 138 valence electrons. The molecule has 3 rings (SSSR count). The van der Waals surface area contributed by atoms with Crippen molar-refractivity contribution in [2.24, 2.45) is 0 Å². The van der Waals surface area contributed by atoms with Crippen LogP contribution in [0.4, 0.5) is 10.2 Å². The van der Waals surface area contributed by atoms with Crippen molar-refractivity contribution in [3.05, 3.63) is 77.1 Å². The van der Waals surface area contributed by atoms with Gasteiger partial charge in [0.05, 0.1) is 11.1 Å². The molecule has 0 fully saturated rings. The van der Waals surface area contributed by atoms with Crippen LogP contribution < -0.4 is 10.6 Å². The average molecular weight is 368 g/mol. The highest BCUT2D eigenvalue weighted by Gasteiger charge is 2.13. The van der Waals surface area contributed by atoms with Gasteiger partial charge < -0.3 is 15.2 Å². The number of anilines is 1. The number of carbonyl (C=O) groups is 2. The van der Waals surface area contributed by atoms with Crippen molar-refractivity contribution in [3.63, 3.8) is 0 Å². The van der Waals surface area contributed by atoms with Crippen LogP contribution in [0.3, 0.4) is 0 Å². The molecule has 2 N–H and O–H groups in total. The summed E-state index contributed by atoms with van der Waals surface area (Å²) in [4.78, 5) is 28.4. The first-order valence-electron chi connectivity index (χ1n) is 8.24. The van der Waals surface area contributed by atoms with E-state index in [2.05, 4.69) is 20.8 Å². The summed E-state index contributed by atoms with van der Waals surface area (Å²) < 4.78 is 18.5. The smallest absolute Gasteiger partial charge is 0.258 e. The molecule has 0 aliphatic carbocycles. The lowest BCUT2D eigenvalue weighted by Crippen LogP contribution is -2.26. The third kappa shape index (κ3) is 4.75. The van der Waals surface area contributed by atoms with E-state index in [9.17, 15) is 14.0 Å². The Labute approximate surface area is 154 Å². The number of aromatic nitrogens is 2. The molecule has 8 heteroatoms. The third-order valence-electron chi connectivity index (χ3n) is 3.77. The fourth-order valence-corrected chi connectivity index (χ4v) is 2.42. The summed E-state index contributed by atoms with van der Waals surface area (Å²) in [5.74, 6) is -0.332. The van der Waals surface area contributed by atoms with Crippen LogP contribution in [0.15, 0.2) is 53.3 Å². The normalized spacial score (nSPS) is 10.4. The summed E-state index contributed by atoms with van der Waals surface area (Å²) in [5, 5.41) is 8.93. The first kappa shape index (κ1) is 18.2. The largest absolute Gasteiger partial charge is 0.360 e. The van der Waals surface area contributed by atoms with E-state index < -0.39 is 11.8 Å². The monoisotopic (exact) mass is 368 g/mol. The lowest BCUT2D eigenvalue weighted by atomic mass is 10.1. The van der Waals surface area contributed by atoms with Crippen molar-refractivity contribution >= 4 is 17.6 Å². The van der Waals surface area contributed by atoms with E-state index in [1.807, 2.05) is 0 Å². The molecule has 0 saturated carbocycles. The molecular formula is C19H17FN4O3. The van der Waals surface area contributed by atoms with Gasteiger partial charge in [-0.25, -0.2) is 4.39 Å². The summed E-state index contributed by atoms with van der Waals surface area (Å²) in [7, 11) is 0. The van der Waals surface area contributed by atoms with Crippen molar-refractivity contribution in [1.82, 2.24) is 15.5 Å². The van der Waals surface area contributed by atoms with Crippen LogP contribution in [0.1, 0.15) is 32.0 Å². The number of hydrogen-bond acceptors (Lipinski definition) is 5. The first-order valence-corrected chi connectivity index (χ1v) is 8.24. The number of hydrogen-bond donors (Lipinski definition) is 2. The number of amides is 2. The summed E-state index contributed by atoms with van der Waals surface area (Å²) in [5.41, 5.74) is 0.955. The lowest BCUT2D eigenvalue weighted by molar-refractivity contribution is 0.0953. The van der Waals surface area contributed by atoms with Crippen molar-refractivity contribution in [2.75, 3.05) is 11.9 Å². The van der Waals surface area contributed by atoms with Crippen molar-refractivity contribution in [2.45, 2.75) is 13.3 Å². The molecule has 0 spiro atoms. The Kier molecular flexibility index (Phi) is 5.55. The number of benzene rings is 1. The van der Waals surface area contributed by atoms with Gasteiger partial charge in [0.15, 0.2) is 5.82 Å². The quantitative estimate of drug-likeness (QED) is 0.697. The van der Waals surface area contributed by atoms with E-state index in [4.69, 9.17) is 4.52 Å².